The molecule has 1 aromatic heterocycles. The fourth-order valence-electron chi connectivity index (χ4n) is 2.27. The Kier molecular flexibility index (Phi) is 4.54. The third-order valence-corrected chi connectivity index (χ3v) is 5.49. The second kappa shape index (κ2) is 5.78. The Balaban J connectivity index is 1.91. The summed E-state index contributed by atoms with van der Waals surface area (Å²) in [5, 5.41) is 14.2. The van der Waals surface area contributed by atoms with Gasteiger partial charge in [-0.1, -0.05) is 39.0 Å². The van der Waals surface area contributed by atoms with Crippen molar-refractivity contribution in [2.45, 2.75) is 46.6 Å². The van der Waals surface area contributed by atoms with E-state index in [4.69, 9.17) is 0 Å². The van der Waals surface area contributed by atoms with Crippen LogP contribution in [0.4, 0.5) is 5.13 Å². The van der Waals surface area contributed by atoms with Gasteiger partial charge in [-0.15, -0.1) is 10.2 Å². The van der Waals surface area contributed by atoms with E-state index >= 15 is 0 Å². The molecular formula is C13H23N3S2. The van der Waals surface area contributed by atoms with Gasteiger partial charge in [0.2, 0.25) is 5.13 Å². The van der Waals surface area contributed by atoms with Crippen molar-refractivity contribution in [1.29, 1.82) is 0 Å². The van der Waals surface area contributed by atoms with Crippen LogP contribution in [0.1, 0.15) is 39.1 Å². The smallest absolute Gasteiger partial charge is 0.205 e. The zero-order valence-electron chi connectivity index (χ0n) is 11.7. The average molecular weight is 285 g/mol. The Bertz CT molecular complexity index is 387. The number of hydrogen-bond acceptors (Lipinski definition) is 5. The zero-order valence-corrected chi connectivity index (χ0v) is 13.3. The van der Waals surface area contributed by atoms with Crippen molar-refractivity contribution in [3.8, 4) is 0 Å². The second-order valence-corrected chi connectivity index (χ2v) is 8.42. The number of hydrogen-bond donors (Lipinski definition) is 1. The molecule has 0 aromatic carbocycles. The standard InChI is InChI=1S/C13H23N3S2/c1-9(2)5-11-15-16-12(18-11)14-10-6-13(3,4)8-17-7-10/h9-10H,5-8H2,1-4H3,(H,14,16). The van der Waals surface area contributed by atoms with E-state index in [1.54, 1.807) is 11.3 Å². The van der Waals surface area contributed by atoms with E-state index in [-0.39, 0.29) is 0 Å². The van der Waals surface area contributed by atoms with E-state index in [0.29, 0.717) is 17.4 Å². The van der Waals surface area contributed by atoms with Crippen LogP contribution in [0, 0.1) is 11.3 Å². The van der Waals surface area contributed by atoms with Crippen LogP contribution in [0.15, 0.2) is 0 Å². The number of nitrogens with one attached hydrogen (secondary N) is 1. The van der Waals surface area contributed by atoms with Crippen molar-refractivity contribution in [2.24, 2.45) is 11.3 Å². The van der Waals surface area contributed by atoms with Gasteiger partial charge in [0.05, 0.1) is 0 Å². The molecule has 0 bridgehead atoms. The first-order valence-electron chi connectivity index (χ1n) is 6.61. The van der Waals surface area contributed by atoms with Gasteiger partial charge in [-0.05, 0) is 23.5 Å². The van der Waals surface area contributed by atoms with Gasteiger partial charge in [0, 0.05) is 18.2 Å². The molecule has 2 heterocycles. The lowest BCUT2D eigenvalue weighted by atomic mass is 9.88. The van der Waals surface area contributed by atoms with Gasteiger partial charge in [0.25, 0.3) is 0 Å². The molecule has 2 rings (SSSR count). The first kappa shape index (κ1) is 14.1. The summed E-state index contributed by atoms with van der Waals surface area (Å²) in [6.45, 7) is 9.12. The van der Waals surface area contributed by atoms with Crippen molar-refractivity contribution in [2.75, 3.05) is 16.8 Å². The maximum absolute atomic E-state index is 4.26. The Labute approximate surface area is 118 Å². The van der Waals surface area contributed by atoms with Crippen LogP contribution in [0.2, 0.25) is 0 Å². The van der Waals surface area contributed by atoms with Gasteiger partial charge >= 0.3 is 0 Å². The monoisotopic (exact) mass is 285 g/mol. The predicted molar refractivity (Wildman–Crippen MR) is 81.6 cm³/mol. The predicted octanol–water partition coefficient (Wildman–Crippen LogP) is 3.68. The van der Waals surface area contributed by atoms with E-state index in [0.717, 1.165) is 16.6 Å². The number of thioether (sulfide) groups is 1. The van der Waals surface area contributed by atoms with Crippen molar-refractivity contribution < 1.29 is 0 Å². The highest BCUT2D eigenvalue weighted by molar-refractivity contribution is 7.99. The summed E-state index contributed by atoms with van der Waals surface area (Å²) < 4.78 is 0. The van der Waals surface area contributed by atoms with Crippen LogP contribution < -0.4 is 5.32 Å². The highest BCUT2D eigenvalue weighted by Gasteiger charge is 2.28. The summed E-state index contributed by atoms with van der Waals surface area (Å²) in [7, 11) is 0. The van der Waals surface area contributed by atoms with Gasteiger partial charge < -0.3 is 5.32 Å². The molecule has 1 N–H and O–H groups in total. The van der Waals surface area contributed by atoms with Crippen molar-refractivity contribution in [3.05, 3.63) is 5.01 Å². The van der Waals surface area contributed by atoms with E-state index in [1.807, 2.05) is 11.8 Å². The van der Waals surface area contributed by atoms with Crippen molar-refractivity contribution in [1.82, 2.24) is 10.2 Å². The molecule has 0 saturated carbocycles. The maximum atomic E-state index is 4.26. The molecule has 102 valence electrons. The molecular weight excluding hydrogens is 262 g/mol. The summed E-state index contributed by atoms with van der Waals surface area (Å²) in [6.07, 6.45) is 2.25. The molecule has 1 aliphatic rings. The molecule has 0 spiro atoms. The van der Waals surface area contributed by atoms with E-state index in [9.17, 15) is 0 Å². The summed E-state index contributed by atoms with van der Waals surface area (Å²) in [5.41, 5.74) is 0.437. The minimum Gasteiger partial charge on any atom is -0.356 e. The van der Waals surface area contributed by atoms with Crippen LogP contribution in [-0.4, -0.2) is 27.7 Å². The highest BCUT2D eigenvalue weighted by atomic mass is 32.2. The average Bonchev–Trinajstić information content (AvgIpc) is 2.62. The van der Waals surface area contributed by atoms with Crippen LogP contribution in [-0.2, 0) is 6.42 Å². The van der Waals surface area contributed by atoms with Gasteiger partial charge in [0.1, 0.15) is 5.01 Å². The Morgan fingerprint density at radius 1 is 1.39 bits per heavy atom. The lowest BCUT2D eigenvalue weighted by Gasteiger charge is -2.34. The molecule has 1 saturated heterocycles. The molecule has 1 fully saturated rings. The minimum absolute atomic E-state index is 0.437. The van der Waals surface area contributed by atoms with Gasteiger partial charge in [-0.25, -0.2) is 0 Å². The Morgan fingerprint density at radius 2 is 2.17 bits per heavy atom. The first-order valence-corrected chi connectivity index (χ1v) is 8.58. The molecule has 3 nitrogen and oxygen atoms in total. The fraction of sp³-hybridized carbons (Fsp3) is 0.846. The molecule has 1 aliphatic heterocycles. The largest absolute Gasteiger partial charge is 0.356 e. The van der Waals surface area contributed by atoms with Crippen LogP contribution >= 0.6 is 23.1 Å². The molecule has 5 heteroatoms. The molecule has 1 aromatic rings. The van der Waals surface area contributed by atoms with E-state index in [1.165, 1.54) is 17.9 Å². The van der Waals surface area contributed by atoms with Crippen LogP contribution in [0.25, 0.3) is 0 Å². The van der Waals surface area contributed by atoms with Crippen molar-refractivity contribution in [3.63, 3.8) is 0 Å². The van der Waals surface area contributed by atoms with E-state index in [2.05, 4.69) is 43.2 Å². The number of rotatable bonds is 4. The molecule has 0 aliphatic carbocycles. The van der Waals surface area contributed by atoms with Crippen molar-refractivity contribution >= 4 is 28.2 Å². The Hall–Kier alpha value is -0.290. The van der Waals surface area contributed by atoms with E-state index < -0.39 is 0 Å². The molecule has 1 unspecified atom stereocenters. The van der Waals surface area contributed by atoms with Gasteiger partial charge in [-0.2, -0.15) is 11.8 Å². The number of anilines is 1. The lowest BCUT2D eigenvalue weighted by Crippen LogP contribution is -2.35. The summed E-state index contributed by atoms with van der Waals surface area (Å²) >= 11 is 3.75. The SMILES string of the molecule is CC(C)Cc1nnc(NC2CSCC(C)(C)C2)s1. The zero-order chi connectivity index (χ0) is 13.2. The fourth-order valence-corrected chi connectivity index (χ4v) is 4.58. The second-order valence-electron chi connectivity index (χ2n) is 6.32. The summed E-state index contributed by atoms with van der Waals surface area (Å²) in [5.74, 6) is 3.09. The normalized spacial score (nSPS) is 23.3. The first-order chi connectivity index (χ1) is 8.44. The number of nitrogens with zero attached hydrogens (tertiary/aromatic N) is 2. The summed E-state index contributed by atoms with van der Waals surface area (Å²) in [4.78, 5) is 0. The maximum Gasteiger partial charge on any atom is 0.205 e. The topological polar surface area (TPSA) is 37.8 Å². The highest BCUT2D eigenvalue weighted by Crippen LogP contribution is 2.35. The van der Waals surface area contributed by atoms with Crippen LogP contribution in [0.3, 0.4) is 0 Å². The summed E-state index contributed by atoms with van der Waals surface area (Å²) in [6, 6.07) is 0.540. The third-order valence-electron chi connectivity index (χ3n) is 2.99. The molecule has 1 atom stereocenters. The van der Waals surface area contributed by atoms with Gasteiger partial charge in [-0.3, -0.25) is 0 Å². The lowest BCUT2D eigenvalue weighted by molar-refractivity contribution is 0.358. The molecule has 18 heavy (non-hydrogen) atoms. The molecule has 0 radical (unpaired) electrons. The number of aromatic nitrogens is 2. The molecule has 0 amide bonds. The van der Waals surface area contributed by atoms with Gasteiger partial charge in [0.15, 0.2) is 0 Å². The Morgan fingerprint density at radius 3 is 2.83 bits per heavy atom. The minimum atomic E-state index is 0.437. The van der Waals surface area contributed by atoms with Crippen LogP contribution in [0.5, 0.6) is 0 Å². The third kappa shape index (κ3) is 4.12. The quantitative estimate of drug-likeness (QED) is 0.916.